The number of methoxy groups -OCH3 is 2. The van der Waals surface area contributed by atoms with Gasteiger partial charge in [0.05, 0.1) is 25.6 Å². The van der Waals surface area contributed by atoms with E-state index in [0.717, 1.165) is 47.5 Å². The highest BCUT2D eigenvalue weighted by Gasteiger charge is 2.25. The first-order valence-electron chi connectivity index (χ1n) is 15.4. The van der Waals surface area contributed by atoms with Gasteiger partial charge in [-0.15, -0.1) is 0 Å². The summed E-state index contributed by atoms with van der Waals surface area (Å²) < 4.78 is 12.4. The third-order valence-corrected chi connectivity index (χ3v) is 8.21. The number of rotatable bonds is 8. The zero-order chi connectivity index (χ0) is 32.1. The first-order valence-corrected chi connectivity index (χ1v) is 15.4. The fraction of sp³-hybridized carbons (Fsp3) is 0.361. The highest BCUT2D eigenvalue weighted by molar-refractivity contribution is 5.99. The molecular formula is C36H43N5O4. The van der Waals surface area contributed by atoms with Gasteiger partial charge in [-0.25, -0.2) is 9.48 Å². The molecule has 0 unspecified atom stereocenters. The Morgan fingerprint density at radius 3 is 2.18 bits per heavy atom. The Kier molecular flexibility index (Phi) is 9.46. The smallest absolute Gasteiger partial charge is 0.324 e. The summed E-state index contributed by atoms with van der Waals surface area (Å²) in [7, 11) is 3.16. The first kappa shape index (κ1) is 31.6. The largest absolute Gasteiger partial charge is 0.497 e. The molecule has 2 heterocycles. The molecule has 4 aromatic rings. The van der Waals surface area contributed by atoms with Gasteiger partial charge in [0.1, 0.15) is 17.3 Å². The van der Waals surface area contributed by atoms with E-state index >= 15 is 0 Å². The Balaban J connectivity index is 1.20. The Morgan fingerprint density at radius 1 is 0.889 bits per heavy atom. The van der Waals surface area contributed by atoms with E-state index in [9.17, 15) is 9.59 Å². The van der Waals surface area contributed by atoms with Gasteiger partial charge in [-0.1, -0.05) is 50.6 Å². The zero-order valence-electron chi connectivity index (χ0n) is 27.0. The number of aromatic nitrogens is 2. The molecular weight excluding hydrogens is 566 g/mol. The number of likely N-dealkylation sites (tertiary alicyclic amines) is 1. The second-order valence-electron chi connectivity index (χ2n) is 12.7. The van der Waals surface area contributed by atoms with E-state index < -0.39 is 0 Å². The van der Waals surface area contributed by atoms with Crippen LogP contribution < -0.4 is 20.1 Å². The van der Waals surface area contributed by atoms with Gasteiger partial charge in [-0.2, -0.15) is 5.10 Å². The molecule has 0 atom stereocenters. The Bertz CT molecular complexity index is 1620. The molecule has 5 rings (SSSR count). The van der Waals surface area contributed by atoms with Gasteiger partial charge in [-0.05, 0) is 74.1 Å². The summed E-state index contributed by atoms with van der Waals surface area (Å²) in [6.45, 7) is 9.72. The number of hydrogen-bond acceptors (Lipinski definition) is 5. The molecule has 1 saturated heterocycles. The van der Waals surface area contributed by atoms with Crippen molar-refractivity contribution in [2.75, 3.05) is 37.9 Å². The van der Waals surface area contributed by atoms with Crippen molar-refractivity contribution >= 4 is 23.4 Å². The number of hydrogen-bond donors (Lipinski definition) is 2. The Morgan fingerprint density at radius 2 is 1.56 bits per heavy atom. The molecule has 3 amide bonds. The Hall–Kier alpha value is -4.79. The number of carbonyl (C=O) groups excluding carboxylic acids is 2. The molecule has 0 radical (unpaired) electrons. The van der Waals surface area contributed by atoms with Crippen LogP contribution in [0.5, 0.6) is 11.5 Å². The molecule has 1 aromatic heterocycles. The third kappa shape index (κ3) is 7.84. The van der Waals surface area contributed by atoms with Crippen LogP contribution in [0.25, 0.3) is 5.69 Å². The molecule has 1 aliphatic rings. The number of ether oxygens (including phenoxy) is 2. The summed E-state index contributed by atoms with van der Waals surface area (Å²) in [5, 5.41) is 10.8. The van der Waals surface area contributed by atoms with Crippen LogP contribution in [0.2, 0.25) is 0 Å². The number of piperidine rings is 1. The number of amides is 3. The van der Waals surface area contributed by atoms with Crippen LogP contribution in [0.1, 0.15) is 60.8 Å². The van der Waals surface area contributed by atoms with E-state index in [1.165, 1.54) is 0 Å². The topological polar surface area (TPSA) is 97.7 Å². The van der Waals surface area contributed by atoms with Crippen molar-refractivity contribution in [3.63, 3.8) is 0 Å². The normalized spacial score (nSPS) is 13.8. The molecule has 3 aromatic carbocycles. The third-order valence-electron chi connectivity index (χ3n) is 8.21. The lowest BCUT2D eigenvalue weighted by Gasteiger charge is -2.32. The molecule has 0 aliphatic carbocycles. The average Bonchev–Trinajstić information content (AvgIpc) is 3.45. The highest BCUT2D eigenvalue weighted by atomic mass is 16.5. The predicted octanol–water partition coefficient (Wildman–Crippen LogP) is 7.23. The van der Waals surface area contributed by atoms with Crippen LogP contribution in [-0.2, 0) is 11.8 Å². The monoisotopic (exact) mass is 609 g/mol. The van der Waals surface area contributed by atoms with Crippen LogP contribution in [0.3, 0.4) is 0 Å². The fourth-order valence-electron chi connectivity index (χ4n) is 5.56. The molecule has 0 saturated carbocycles. The van der Waals surface area contributed by atoms with Crippen molar-refractivity contribution in [2.45, 2.75) is 52.4 Å². The van der Waals surface area contributed by atoms with Gasteiger partial charge < -0.3 is 19.7 Å². The maximum absolute atomic E-state index is 13.2. The van der Waals surface area contributed by atoms with Crippen LogP contribution >= 0.6 is 0 Å². The van der Waals surface area contributed by atoms with Crippen molar-refractivity contribution in [1.82, 2.24) is 14.7 Å². The number of urea groups is 1. The van der Waals surface area contributed by atoms with E-state index in [1.54, 1.807) is 37.1 Å². The SMILES string of the molecule is COc1cc(OC)cc(C(=O)N2CCC(Cc3cccc(NC(=O)Nc4cc(C(C)(C)C)nn4-c4ccc(C)cc4)c3)CC2)c1. The summed E-state index contributed by atoms with van der Waals surface area (Å²) in [6.07, 6.45) is 2.69. The van der Waals surface area contributed by atoms with Crippen LogP contribution in [0.15, 0.2) is 72.8 Å². The quantitative estimate of drug-likeness (QED) is 0.220. The summed E-state index contributed by atoms with van der Waals surface area (Å²) in [5.41, 5.74) is 5.18. The van der Waals surface area contributed by atoms with Gasteiger partial charge in [0, 0.05) is 41.9 Å². The molecule has 1 fully saturated rings. The number of carbonyl (C=O) groups is 2. The van der Waals surface area contributed by atoms with Gasteiger partial charge >= 0.3 is 6.03 Å². The minimum atomic E-state index is -0.332. The molecule has 0 spiro atoms. The summed E-state index contributed by atoms with van der Waals surface area (Å²) in [5.74, 6) is 2.23. The molecule has 2 N–H and O–H groups in total. The summed E-state index contributed by atoms with van der Waals surface area (Å²) >= 11 is 0. The number of nitrogens with zero attached hydrogens (tertiary/aromatic N) is 3. The molecule has 236 valence electrons. The molecule has 45 heavy (non-hydrogen) atoms. The van der Waals surface area contributed by atoms with Crippen LogP contribution in [-0.4, -0.2) is 53.9 Å². The molecule has 1 aliphatic heterocycles. The maximum Gasteiger partial charge on any atom is 0.324 e. The molecule has 9 heteroatoms. The lowest BCUT2D eigenvalue weighted by molar-refractivity contribution is 0.0690. The van der Waals surface area contributed by atoms with E-state index in [1.807, 2.05) is 60.4 Å². The molecule has 0 bridgehead atoms. The van der Waals surface area contributed by atoms with Crippen molar-refractivity contribution in [3.8, 4) is 17.2 Å². The van der Waals surface area contributed by atoms with Crippen molar-refractivity contribution in [2.24, 2.45) is 5.92 Å². The number of benzene rings is 3. The summed E-state index contributed by atoms with van der Waals surface area (Å²) in [4.78, 5) is 28.3. The average molecular weight is 610 g/mol. The van der Waals surface area contributed by atoms with Crippen LogP contribution in [0, 0.1) is 12.8 Å². The van der Waals surface area contributed by atoms with Crippen LogP contribution in [0.4, 0.5) is 16.3 Å². The predicted molar refractivity (Wildman–Crippen MR) is 178 cm³/mol. The van der Waals surface area contributed by atoms with E-state index in [4.69, 9.17) is 14.6 Å². The van der Waals surface area contributed by atoms with E-state index in [2.05, 4.69) is 37.5 Å². The van der Waals surface area contributed by atoms with Gasteiger partial charge in [-0.3, -0.25) is 10.1 Å². The number of anilines is 2. The second kappa shape index (κ2) is 13.5. The van der Waals surface area contributed by atoms with Crippen molar-refractivity contribution in [1.29, 1.82) is 0 Å². The standard InChI is InChI=1S/C36H43N5O4/c1-24-10-12-29(13-11-24)41-33(23-32(39-41)36(2,3)4)38-35(43)37-28-9-7-8-26(19-28)18-25-14-16-40(17-15-25)34(42)27-20-30(44-5)22-31(21-27)45-6/h7-13,19-23,25H,14-18H2,1-6H3,(H2,37,38,43). The minimum absolute atomic E-state index is 0.0128. The minimum Gasteiger partial charge on any atom is -0.497 e. The van der Waals surface area contributed by atoms with Crippen molar-refractivity contribution in [3.05, 3.63) is 95.2 Å². The Labute approximate surface area is 265 Å². The first-order chi connectivity index (χ1) is 21.5. The lowest BCUT2D eigenvalue weighted by atomic mass is 9.90. The van der Waals surface area contributed by atoms with Gasteiger partial charge in [0.15, 0.2) is 0 Å². The summed E-state index contributed by atoms with van der Waals surface area (Å²) in [6, 6.07) is 22.9. The number of nitrogens with one attached hydrogen (secondary N) is 2. The van der Waals surface area contributed by atoms with Gasteiger partial charge in [0.25, 0.3) is 5.91 Å². The van der Waals surface area contributed by atoms with E-state index in [-0.39, 0.29) is 17.4 Å². The van der Waals surface area contributed by atoms with Gasteiger partial charge in [0.2, 0.25) is 0 Å². The van der Waals surface area contributed by atoms with E-state index in [0.29, 0.717) is 41.9 Å². The maximum atomic E-state index is 13.2. The zero-order valence-corrected chi connectivity index (χ0v) is 27.0. The second-order valence-corrected chi connectivity index (χ2v) is 12.7. The van der Waals surface area contributed by atoms with Crippen molar-refractivity contribution < 1.29 is 19.1 Å². The number of aryl methyl sites for hydroxylation is 1. The molecule has 9 nitrogen and oxygen atoms in total. The lowest BCUT2D eigenvalue weighted by Crippen LogP contribution is -2.38. The fourth-order valence-corrected chi connectivity index (χ4v) is 5.56. The highest BCUT2D eigenvalue weighted by Crippen LogP contribution is 2.29.